The van der Waals surface area contributed by atoms with E-state index in [0.29, 0.717) is 18.9 Å². The van der Waals surface area contributed by atoms with E-state index in [1.165, 1.54) is 5.57 Å². The Labute approximate surface area is 103 Å². The van der Waals surface area contributed by atoms with Crippen LogP contribution in [-0.2, 0) is 14.3 Å². The van der Waals surface area contributed by atoms with Gasteiger partial charge >= 0.3 is 5.97 Å². The molecule has 0 aromatic rings. The highest BCUT2D eigenvalue weighted by molar-refractivity contribution is 5.72. The molecular formula is C14H22O3. The van der Waals surface area contributed by atoms with Crippen molar-refractivity contribution in [1.82, 2.24) is 0 Å². The van der Waals surface area contributed by atoms with Crippen molar-refractivity contribution in [3.05, 3.63) is 11.6 Å². The van der Waals surface area contributed by atoms with E-state index in [0.717, 1.165) is 19.1 Å². The van der Waals surface area contributed by atoms with Crippen LogP contribution >= 0.6 is 0 Å². The molecule has 0 aromatic heterocycles. The summed E-state index contributed by atoms with van der Waals surface area (Å²) in [5.41, 5.74) is 1.30. The van der Waals surface area contributed by atoms with Crippen molar-refractivity contribution in [1.29, 1.82) is 0 Å². The fraction of sp³-hybridized carbons (Fsp3) is 0.714. The fourth-order valence-electron chi connectivity index (χ4n) is 2.32. The second-order valence-electron chi connectivity index (χ2n) is 5.20. The summed E-state index contributed by atoms with van der Waals surface area (Å²) in [4.78, 5) is 22.2. The van der Waals surface area contributed by atoms with Crippen molar-refractivity contribution < 1.29 is 14.3 Å². The predicted molar refractivity (Wildman–Crippen MR) is 66.4 cm³/mol. The Morgan fingerprint density at radius 2 is 2.24 bits per heavy atom. The van der Waals surface area contributed by atoms with Gasteiger partial charge in [-0.3, -0.25) is 4.79 Å². The Morgan fingerprint density at radius 3 is 2.71 bits per heavy atom. The highest BCUT2D eigenvalue weighted by atomic mass is 16.5. The molecule has 0 aromatic carbocycles. The summed E-state index contributed by atoms with van der Waals surface area (Å²) in [6.07, 6.45) is 5.57. The molecule has 1 rings (SSSR count). The van der Waals surface area contributed by atoms with Crippen LogP contribution in [0.2, 0.25) is 0 Å². The minimum Gasteiger partial charge on any atom is -0.465 e. The molecule has 3 atom stereocenters. The first-order valence-electron chi connectivity index (χ1n) is 6.29. The van der Waals surface area contributed by atoms with Crippen LogP contribution in [0, 0.1) is 17.8 Å². The van der Waals surface area contributed by atoms with E-state index in [1.807, 2.05) is 0 Å². The van der Waals surface area contributed by atoms with Crippen molar-refractivity contribution in [2.75, 3.05) is 6.61 Å². The van der Waals surface area contributed by atoms with Crippen LogP contribution in [0.4, 0.5) is 0 Å². The molecule has 96 valence electrons. The molecule has 3 heteroatoms. The number of hydrogen-bond acceptors (Lipinski definition) is 3. The van der Waals surface area contributed by atoms with Crippen molar-refractivity contribution in [3.63, 3.8) is 0 Å². The van der Waals surface area contributed by atoms with Crippen LogP contribution in [0.1, 0.15) is 40.0 Å². The van der Waals surface area contributed by atoms with E-state index in [4.69, 9.17) is 4.74 Å². The SMILES string of the molecule is CC(C)=CCC[C@H](C)[C@@H](C=O)[C@H]1COC(=O)C1. The number of carbonyl (C=O) groups excluding carboxylic acids is 2. The number of allylic oxidation sites excluding steroid dienone is 2. The van der Waals surface area contributed by atoms with Crippen LogP contribution in [0.15, 0.2) is 11.6 Å². The summed E-state index contributed by atoms with van der Waals surface area (Å²) in [6, 6.07) is 0. The van der Waals surface area contributed by atoms with Gasteiger partial charge in [0, 0.05) is 11.8 Å². The van der Waals surface area contributed by atoms with Gasteiger partial charge in [0.1, 0.15) is 6.29 Å². The van der Waals surface area contributed by atoms with E-state index in [1.54, 1.807) is 0 Å². The maximum atomic E-state index is 11.2. The lowest BCUT2D eigenvalue weighted by atomic mass is 9.80. The first-order chi connectivity index (χ1) is 8.04. The molecule has 1 aliphatic rings. The van der Waals surface area contributed by atoms with Crippen LogP contribution in [-0.4, -0.2) is 18.9 Å². The van der Waals surface area contributed by atoms with Crippen LogP contribution in [0.3, 0.4) is 0 Å². The molecule has 3 nitrogen and oxygen atoms in total. The molecule has 1 heterocycles. The standard InChI is InChI=1S/C14H22O3/c1-10(2)5-4-6-11(3)13(8-15)12-7-14(16)17-9-12/h5,8,11-13H,4,6-7,9H2,1-3H3/t11-,12+,13+/m0/s1. The Hall–Kier alpha value is -1.12. The number of rotatable bonds is 6. The monoisotopic (exact) mass is 238 g/mol. The number of carbonyl (C=O) groups is 2. The Kier molecular flexibility index (Phi) is 5.39. The maximum absolute atomic E-state index is 11.2. The van der Waals surface area contributed by atoms with E-state index in [-0.39, 0.29) is 17.8 Å². The molecule has 0 saturated carbocycles. The third kappa shape index (κ3) is 4.33. The smallest absolute Gasteiger partial charge is 0.306 e. The lowest BCUT2D eigenvalue weighted by molar-refractivity contribution is -0.138. The summed E-state index contributed by atoms with van der Waals surface area (Å²) in [7, 11) is 0. The molecular weight excluding hydrogens is 216 g/mol. The van der Waals surface area contributed by atoms with Crippen LogP contribution < -0.4 is 0 Å². The van der Waals surface area contributed by atoms with Gasteiger partial charge in [-0.2, -0.15) is 0 Å². The third-order valence-electron chi connectivity index (χ3n) is 3.42. The largest absolute Gasteiger partial charge is 0.465 e. The van der Waals surface area contributed by atoms with Gasteiger partial charge in [-0.15, -0.1) is 0 Å². The zero-order chi connectivity index (χ0) is 12.8. The molecule has 0 bridgehead atoms. The average molecular weight is 238 g/mol. The summed E-state index contributed by atoms with van der Waals surface area (Å²) < 4.78 is 4.93. The average Bonchev–Trinajstić information content (AvgIpc) is 2.65. The second kappa shape index (κ2) is 6.58. The molecule has 0 spiro atoms. The molecule has 1 saturated heterocycles. The van der Waals surface area contributed by atoms with Crippen molar-refractivity contribution in [2.24, 2.45) is 17.8 Å². The third-order valence-corrected chi connectivity index (χ3v) is 3.42. The molecule has 0 amide bonds. The van der Waals surface area contributed by atoms with Gasteiger partial charge in [0.25, 0.3) is 0 Å². The van der Waals surface area contributed by atoms with Gasteiger partial charge in [-0.1, -0.05) is 18.6 Å². The van der Waals surface area contributed by atoms with E-state index in [2.05, 4.69) is 26.8 Å². The minimum absolute atomic E-state index is 0.0491. The highest BCUT2D eigenvalue weighted by Crippen LogP contribution is 2.29. The number of esters is 1. The normalized spacial score (nSPS) is 22.8. The molecule has 0 aliphatic carbocycles. The maximum Gasteiger partial charge on any atom is 0.306 e. The van der Waals surface area contributed by atoms with Crippen LogP contribution in [0.5, 0.6) is 0 Å². The van der Waals surface area contributed by atoms with E-state index >= 15 is 0 Å². The molecule has 0 unspecified atom stereocenters. The number of ether oxygens (including phenoxy) is 1. The number of cyclic esters (lactones) is 1. The lowest BCUT2D eigenvalue weighted by Gasteiger charge is -2.22. The van der Waals surface area contributed by atoms with E-state index in [9.17, 15) is 9.59 Å². The molecule has 1 fully saturated rings. The van der Waals surface area contributed by atoms with Crippen molar-refractivity contribution in [3.8, 4) is 0 Å². The fourth-order valence-corrected chi connectivity index (χ4v) is 2.32. The zero-order valence-electron chi connectivity index (χ0n) is 10.9. The molecule has 17 heavy (non-hydrogen) atoms. The molecule has 0 radical (unpaired) electrons. The highest BCUT2D eigenvalue weighted by Gasteiger charge is 2.33. The lowest BCUT2D eigenvalue weighted by Crippen LogP contribution is -2.23. The van der Waals surface area contributed by atoms with Crippen molar-refractivity contribution >= 4 is 12.3 Å². The Bertz CT molecular complexity index is 303. The Morgan fingerprint density at radius 1 is 1.53 bits per heavy atom. The first kappa shape index (κ1) is 13.9. The number of hydrogen-bond donors (Lipinski definition) is 0. The van der Waals surface area contributed by atoms with Gasteiger partial charge in [0.15, 0.2) is 0 Å². The first-order valence-corrected chi connectivity index (χ1v) is 6.29. The summed E-state index contributed by atoms with van der Waals surface area (Å²) in [5, 5.41) is 0. The van der Waals surface area contributed by atoms with Gasteiger partial charge in [0.2, 0.25) is 0 Å². The van der Waals surface area contributed by atoms with Gasteiger partial charge in [-0.05, 0) is 32.6 Å². The topological polar surface area (TPSA) is 43.4 Å². The quantitative estimate of drug-likeness (QED) is 0.406. The predicted octanol–water partition coefficient (Wildman–Crippen LogP) is 2.75. The Balaban J connectivity index is 2.46. The summed E-state index contributed by atoms with van der Waals surface area (Å²) in [6.45, 7) is 6.65. The molecule has 1 aliphatic heterocycles. The zero-order valence-corrected chi connectivity index (χ0v) is 10.9. The van der Waals surface area contributed by atoms with Gasteiger partial charge in [-0.25, -0.2) is 0 Å². The van der Waals surface area contributed by atoms with Gasteiger partial charge < -0.3 is 9.53 Å². The molecule has 0 N–H and O–H groups in total. The van der Waals surface area contributed by atoms with Gasteiger partial charge in [0.05, 0.1) is 13.0 Å². The summed E-state index contributed by atoms with van der Waals surface area (Å²) >= 11 is 0. The van der Waals surface area contributed by atoms with Crippen molar-refractivity contribution in [2.45, 2.75) is 40.0 Å². The van der Waals surface area contributed by atoms with Crippen LogP contribution in [0.25, 0.3) is 0 Å². The second-order valence-corrected chi connectivity index (χ2v) is 5.20. The summed E-state index contributed by atoms with van der Waals surface area (Å²) in [5.74, 6) is 0.176. The minimum atomic E-state index is -0.168. The van der Waals surface area contributed by atoms with E-state index < -0.39 is 0 Å². The number of aldehydes is 1.